The first-order valence-electron chi connectivity index (χ1n) is 5.74. The van der Waals surface area contributed by atoms with Gasteiger partial charge in [-0.3, -0.25) is 4.79 Å². The minimum atomic E-state index is -0.295. The number of nitrogens with one attached hydrogen (secondary N) is 1. The van der Waals surface area contributed by atoms with Crippen molar-refractivity contribution in [2.75, 3.05) is 5.32 Å². The molecule has 0 aliphatic rings. The number of phenols is 1. The highest BCUT2D eigenvalue weighted by Gasteiger charge is 2.14. The predicted octanol–water partition coefficient (Wildman–Crippen LogP) is 3.26. The topological polar surface area (TPSA) is 49.3 Å². The van der Waals surface area contributed by atoms with Crippen molar-refractivity contribution >= 4 is 11.6 Å². The number of carbonyl (C=O) groups is 1. The maximum Gasteiger partial charge on any atom is 0.259 e. The lowest BCUT2D eigenvalue weighted by Crippen LogP contribution is -2.13. The molecule has 0 saturated heterocycles. The first-order chi connectivity index (χ1) is 8.58. The molecule has 0 saturated carbocycles. The van der Waals surface area contributed by atoms with Crippen molar-refractivity contribution in [2.24, 2.45) is 0 Å². The monoisotopic (exact) mass is 241 g/mol. The van der Waals surface area contributed by atoms with Gasteiger partial charge < -0.3 is 10.4 Å². The largest absolute Gasteiger partial charge is 0.507 e. The summed E-state index contributed by atoms with van der Waals surface area (Å²) in [5.41, 5.74) is 2.73. The van der Waals surface area contributed by atoms with Gasteiger partial charge in [-0.15, -0.1) is 0 Å². The van der Waals surface area contributed by atoms with E-state index in [0.29, 0.717) is 11.3 Å². The number of hydrogen-bond acceptors (Lipinski definition) is 2. The van der Waals surface area contributed by atoms with E-state index < -0.39 is 0 Å². The second-order valence-electron chi connectivity index (χ2n) is 4.30. The number of carbonyl (C=O) groups excluding carboxylic acids is 1. The van der Waals surface area contributed by atoms with Crippen LogP contribution >= 0.6 is 0 Å². The van der Waals surface area contributed by atoms with Gasteiger partial charge >= 0.3 is 0 Å². The summed E-state index contributed by atoms with van der Waals surface area (Å²) in [5.74, 6) is -0.280. The summed E-state index contributed by atoms with van der Waals surface area (Å²) in [6, 6.07) is 12.6. The van der Waals surface area contributed by atoms with Gasteiger partial charge in [-0.2, -0.15) is 0 Å². The standard InChI is InChI=1S/C15H15NO2/c1-10-8-11(2)14(13(17)9-10)15(18)16-12-6-4-3-5-7-12/h3-9,17H,1-2H3,(H,16,18). The number of benzene rings is 2. The van der Waals surface area contributed by atoms with Crippen molar-refractivity contribution in [1.82, 2.24) is 0 Å². The molecule has 2 rings (SSSR count). The van der Waals surface area contributed by atoms with Crippen molar-refractivity contribution in [3.05, 3.63) is 59.2 Å². The molecule has 3 heteroatoms. The van der Waals surface area contributed by atoms with Crippen LogP contribution in [0.5, 0.6) is 5.75 Å². The molecular weight excluding hydrogens is 226 g/mol. The van der Waals surface area contributed by atoms with Crippen LogP contribution in [0.25, 0.3) is 0 Å². The zero-order valence-corrected chi connectivity index (χ0v) is 10.4. The SMILES string of the molecule is Cc1cc(C)c(C(=O)Nc2ccccc2)c(O)c1. The van der Waals surface area contributed by atoms with Crippen LogP contribution in [0, 0.1) is 13.8 Å². The number of hydrogen-bond donors (Lipinski definition) is 2. The second-order valence-corrected chi connectivity index (χ2v) is 4.30. The summed E-state index contributed by atoms with van der Waals surface area (Å²) in [4.78, 5) is 12.1. The molecule has 0 unspecified atom stereocenters. The fraction of sp³-hybridized carbons (Fsp3) is 0.133. The Bertz CT molecular complexity index is 553. The molecule has 0 atom stereocenters. The van der Waals surface area contributed by atoms with Gasteiger partial charge in [0.2, 0.25) is 0 Å². The third-order valence-corrected chi connectivity index (χ3v) is 2.72. The van der Waals surface area contributed by atoms with Crippen LogP contribution in [0.3, 0.4) is 0 Å². The minimum absolute atomic E-state index is 0.0148. The third kappa shape index (κ3) is 2.51. The van der Waals surface area contributed by atoms with Crippen molar-refractivity contribution in [1.29, 1.82) is 0 Å². The van der Waals surface area contributed by atoms with Crippen LogP contribution in [-0.4, -0.2) is 11.0 Å². The Morgan fingerprint density at radius 2 is 1.78 bits per heavy atom. The van der Waals surface area contributed by atoms with Gasteiger partial charge in [0.05, 0.1) is 5.56 Å². The molecule has 2 aromatic carbocycles. The second kappa shape index (κ2) is 4.92. The van der Waals surface area contributed by atoms with Crippen LogP contribution in [0.15, 0.2) is 42.5 Å². The first kappa shape index (κ1) is 12.2. The summed E-state index contributed by atoms with van der Waals surface area (Å²) in [7, 11) is 0. The van der Waals surface area contributed by atoms with Crippen LogP contribution in [0.4, 0.5) is 5.69 Å². The Kier molecular flexibility index (Phi) is 3.33. The fourth-order valence-corrected chi connectivity index (χ4v) is 1.96. The highest BCUT2D eigenvalue weighted by molar-refractivity contribution is 6.07. The number of anilines is 1. The molecule has 0 radical (unpaired) electrons. The predicted molar refractivity (Wildman–Crippen MR) is 72.0 cm³/mol. The van der Waals surface area contributed by atoms with E-state index in [0.717, 1.165) is 11.1 Å². The summed E-state index contributed by atoms with van der Waals surface area (Å²) in [6.45, 7) is 3.69. The van der Waals surface area contributed by atoms with E-state index in [9.17, 15) is 9.90 Å². The summed E-state index contributed by atoms with van der Waals surface area (Å²) >= 11 is 0. The molecular formula is C15H15NO2. The third-order valence-electron chi connectivity index (χ3n) is 2.72. The van der Waals surface area contributed by atoms with E-state index in [-0.39, 0.29) is 11.7 Å². The zero-order valence-electron chi connectivity index (χ0n) is 10.4. The molecule has 0 heterocycles. The smallest absolute Gasteiger partial charge is 0.259 e. The van der Waals surface area contributed by atoms with Gasteiger partial charge in [0.15, 0.2) is 0 Å². The van der Waals surface area contributed by atoms with Gasteiger partial charge in [0.1, 0.15) is 5.75 Å². The lowest BCUT2D eigenvalue weighted by Gasteiger charge is -2.10. The first-order valence-corrected chi connectivity index (χ1v) is 5.74. The average Bonchev–Trinajstić information content (AvgIpc) is 2.28. The van der Waals surface area contributed by atoms with E-state index in [4.69, 9.17) is 0 Å². The summed E-state index contributed by atoms with van der Waals surface area (Å²) in [5, 5.41) is 12.6. The van der Waals surface area contributed by atoms with E-state index in [1.807, 2.05) is 38.1 Å². The van der Waals surface area contributed by atoms with Gasteiger partial charge in [0.25, 0.3) is 5.91 Å². The van der Waals surface area contributed by atoms with Crippen LogP contribution < -0.4 is 5.32 Å². The highest BCUT2D eigenvalue weighted by atomic mass is 16.3. The van der Waals surface area contributed by atoms with Gasteiger partial charge in [-0.25, -0.2) is 0 Å². The van der Waals surface area contributed by atoms with Crippen LogP contribution in [0.1, 0.15) is 21.5 Å². The molecule has 3 nitrogen and oxygen atoms in total. The molecule has 2 aromatic rings. The molecule has 2 N–H and O–H groups in total. The number of rotatable bonds is 2. The molecule has 0 spiro atoms. The minimum Gasteiger partial charge on any atom is -0.507 e. The van der Waals surface area contributed by atoms with Gasteiger partial charge in [0, 0.05) is 5.69 Å². The van der Waals surface area contributed by atoms with Gasteiger partial charge in [-0.1, -0.05) is 24.3 Å². The number of amides is 1. The molecule has 1 amide bonds. The zero-order chi connectivity index (χ0) is 13.1. The van der Waals surface area contributed by atoms with E-state index >= 15 is 0 Å². The van der Waals surface area contributed by atoms with E-state index in [1.54, 1.807) is 18.2 Å². The summed E-state index contributed by atoms with van der Waals surface area (Å²) < 4.78 is 0. The molecule has 92 valence electrons. The molecule has 0 fully saturated rings. The molecule has 0 aromatic heterocycles. The van der Waals surface area contributed by atoms with Crippen LogP contribution in [-0.2, 0) is 0 Å². The van der Waals surface area contributed by atoms with Gasteiger partial charge in [-0.05, 0) is 43.2 Å². The number of phenolic OH excluding ortho intramolecular Hbond substituents is 1. The van der Waals surface area contributed by atoms with Crippen molar-refractivity contribution in [3.8, 4) is 5.75 Å². The maximum absolute atomic E-state index is 12.1. The number of aryl methyl sites for hydroxylation is 2. The number of aromatic hydroxyl groups is 1. The molecule has 0 aliphatic heterocycles. The molecule has 18 heavy (non-hydrogen) atoms. The normalized spacial score (nSPS) is 10.1. The van der Waals surface area contributed by atoms with Crippen molar-refractivity contribution < 1.29 is 9.90 Å². The molecule has 0 bridgehead atoms. The van der Waals surface area contributed by atoms with Crippen molar-refractivity contribution in [3.63, 3.8) is 0 Å². The number of para-hydroxylation sites is 1. The van der Waals surface area contributed by atoms with E-state index in [2.05, 4.69) is 5.32 Å². The Hall–Kier alpha value is -2.29. The Morgan fingerprint density at radius 3 is 2.39 bits per heavy atom. The Morgan fingerprint density at radius 1 is 1.11 bits per heavy atom. The lowest BCUT2D eigenvalue weighted by molar-refractivity contribution is 0.102. The van der Waals surface area contributed by atoms with E-state index in [1.165, 1.54) is 0 Å². The quantitative estimate of drug-likeness (QED) is 0.847. The van der Waals surface area contributed by atoms with Crippen LogP contribution in [0.2, 0.25) is 0 Å². The summed E-state index contributed by atoms with van der Waals surface area (Å²) in [6.07, 6.45) is 0. The highest BCUT2D eigenvalue weighted by Crippen LogP contribution is 2.24. The Labute approximate surface area is 106 Å². The Balaban J connectivity index is 2.30. The molecule has 0 aliphatic carbocycles. The lowest BCUT2D eigenvalue weighted by atomic mass is 10.0. The van der Waals surface area contributed by atoms with Crippen molar-refractivity contribution in [2.45, 2.75) is 13.8 Å². The maximum atomic E-state index is 12.1. The average molecular weight is 241 g/mol. The fourth-order valence-electron chi connectivity index (χ4n) is 1.96.